The lowest BCUT2D eigenvalue weighted by atomic mass is 10.0. The number of amidine groups is 1. The monoisotopic (exact) mass is 444 g/mol. The summed E-state index contributed by atoms with van der Waals surface area (Å²) < 4.78 is 0. The molecule has 2 aromatic rings. The Morgan fingerprint density at radius 1 is 1.15 bits per heavy atom. The Labute approximate surface area is 195 Å². The predicted molar refractivity (Wildman–Crippen MR) is 135 cm³/mol. The van der Waals surface area contributed by atoms with Crippen molar-refractivity contribution in [1.29, 1.82) is 0 Å². The predicted octanol–water partition coefficient (Wildman–Crippen LogP) is 4.38. The molecule has 5 rings (SSSR count). The van der Waals surface area contributed by atoms with E-state index in [4.69, 9.17) is 4.99 Å². The highest BCUT2D eigenvalue weighted by Gasteiger charge is 2.36. The molecule has 1 saturated carbocycles. The maximum absolute atomic E-state index is 4.95. The van der Waals surface area contributed by atoms with E-state index in [1.807, 2.05) is 24.5 Å². The van der Waals surface area contributed by atoms with Gasteiger partial charge in [-0.2, -0.15) is 0 Å². The molecule has 0 aromatic carbocycles. The van der Waals surface area contributed by atoms with Gasteiger partial charge in [-0.25, -0.2) is 4.99 Å². The molecule has 1 unspecified atom stereocenters. The van der Waals surface area contributed by atoms with Crippen LogP contribution in [-0.2, 0) is 0 Å². The average Bonchev–Trinajstić information content (AvgIpc) is 3.47. The summed E-state index contributed by atoms with van der Waals surface area (Å²) in [5.74, 6) is 3.31. The van der Waals surface area contributed by atoms with Crippen LogP contribution in [0.5, 0.6) is 0 Å². The fourth-order valence-corrected chi connectivity index (χ4v) is 5.26. The molecule has 2 aliphatic heterocycles. The molecule has 0 amide bonds. The maximum Gasteiger partial charge on any atom is 0.151 e. The van der Waals surface area contributed by atoms with Crippen LogP contribution in [0.25, 0.3) is 5.57 Å². The molecule has 2 aromatic heterocycles. The number of fused-ring (bicyclic) bond motifs is 1. The van der Waals surface area contributed by atoms with Crippen LogP contribution < -0.4 is 15.1 Å². The van der Waals surface area contributed by atoms with Crippen molar-refractivity contribution in [3.63, 3.8) is 0 Å². The van der Waals surface area contributed by atoms with Gasteiger partial charge in [0, 0.05) is 42.7 Å². The van der Waals surface area contributed by atoms with E-state index < -0.39 is 0 Å². The number of hydrogen-bond acceptors (Lipinski definition) is 7. The Bertz CT molecular complexity index is 1040. The number of nitrogens with one attached hydrogen (secondary N) is 1. The molecule has 8 heteroatoms. The summed E-state index contributed by atoms with van der Waals surface area (Å²) in [5.41, 5.74) is 3.22. The standard InChI is InChI=1S/C25H32N8/c1-18-6-5-13-32(16-18)24-10-9-23(30-31-24)28-17-29-25-21(14-26-2)20-11-12-27-15-22(20)33(25)19-7-3-4-8-19/h9-12,14-15,18-19H,2-8,13,16-17H2,1H3,(H,28,30)/b21-14-,29-25+. The van der Waals surface area contributed by atoms with Crippen molar-refractivity contribution in [3.05, 3.63) is 42.4 Å². The first-order valence-electron chi connectivity index (χ1n) is 12.0. The van der Waals surface area contributed by atoms with E-state index in [0.717, 1.165) is 60.2 Å². The second-order valence-corrected chi connectivity index (χ2v) is 9.21. The lowest BCUT2D eigenvalue weighted by molar-refractivity contribution is 0.444. The molecule has 8 nitrogen and oxygen atoms in total. The Balaban J connectivity index is 1.33. The van der Waals surface area contributed by atoms with Crippen molar-refractivity contribution in [3.8, 4) is 0 Å². The number of pyridine rings is 1. The molecule has 0 spiro atoms. The quantitative estimate of drug-likeness (QED) is 0.666. The Hall–Kier alpha value is -3.29. The van der Waals surface area contributed by atoms with Crippen LogP contribution in [0.1, 0.15) is 51.0 Å². The molecular weight excluding hydrogens is 412 g/mol. The van der Waals surface area contributed by atoms with Crippen molar-refractivity contribution in [2.75, 3.05) is 34.9 Å². The molecular formula is C25H32N8. The smallest absolute Gasteiger partial charge is 0.151 e. The van der Waals surface area contributed by atoms with Gasteiger partial charge in [0.15, 0.2) is 5.82 Å². The van der Waals surface area contributed by atoms with E-state index >= 15 is 0 Å². The second-order valence-electron chi connectivity index (χ2n) is 9.21. The van der Waals surface area contributed by atoms with Gasteiger partial charge in [0.2, 0.25) is 0 Å². The third kappa shape index (κ3) is 4.47. The molecule has 1 N–H and O–H groups in total. The van der Waals surface area contributed by atoms with Crippen molar-refractivity contribution in [2.45, 2.75) is 51.5 Å². The van der Waals surface area contributed by atoms with Crippen LogP contribution in [0.2, 0.25) is 0 Å². The normalized spacial score (nSPS) is 23.4. The molecule has 1 atom stereocenters. The van der Waals surface area contributed by atoms with Gasteiger partial charge in [-0.05, 0) is 56.5 Å². The highest BCUT2D eigenvalue weighted by molar-refractivity contribution is 6.35. The number of aliphatic imine (C=N–C) groups is 2. The third-order valence-electron chi connectivity index (χ3n) is 6.85. The van der Waals surface area contributed by atoms with Crippen LogP contribution in [0.3, 0.4) is 0 Å². The zero-order valence-electron chi connectivity index (χ0n) is 19.3. The lowest BCUT2D eigenvalue weighted by Gasteiger charge is -2.31. The molecule has 172 valence electrons. The van der Waals surface area contributed by atoms with Crippen molar-refractivity contribution >= 4 is 35.4 Å². The number of nitrogens with zero attached hydrogens (tertiary/aromatic N) is 7. The summed E-state index contributed by atoms with van der Waals surface area (Å²) >= 11 is 0. The minimum Gasteiger partial charge on any atom is -0.355 e. The number of anilines is 3. The molecule has 0 radical (unpaired) electrons. The van der Waals surface area contributed by atoms with Crippen LogP contribution >= 0.6 is 0 Å². The number of piperidine rings is 1. The zero-order chi connectivity index (χ0) is 22.6. The number of aromatic nitrogens is 3. The van der Waals surface area contributed by atoms with Gasteiger partial charge in [0.25, 0.3) is 0 Å². The van der Waals surface area contributed by atoms with Crippen LogP contribution in [0, 0.1) is 5.92 Å². The Morgan fingerprint density at radius 2 is 2.03 bits per heavy atom. The fraction of sp³-hybridized carbons (Fsp3) is 0.480. The van der Waals surface area contributed by atoms with E-state index in [1.54, 1.807) is 6.20 Å². The summed E-state index contributed by atoms with van der Waals surface area (Å²) in [6, 6.07) is 6.52. The average molecular weight is 445 g/mol. The minimum absolute atomic E-state index is 0.406. The minimum atomic E-state index is 0.406. The van der Waals surface area contributed by atoms with E-state index in [-0.39, 0.29) is 0 Å². The topological polar surface area (TPSA) is 81.9 Å². The lowest BCUT2D eigenvalue weighted by Crippen LogP contribution is -2.36. The molecule has 2 fully saturated rings. The largest absolute Gasteiger partial charge is 0.355 e. The van der Waals surface area contributed by atoms with Crippen LogP contribution in [-0.4, -0.2) is 53.5 Å². The van der Waals surface area contributed by atoms with Crippen LogP contribution in [0.15, 0.2) is 46.8 Å². The zero-order valence-corrected chi connectivity index (χ0v) is 19.3. The van der Waals surface area contributed by atoms with Crippen molar-refractivity contribution in [1.82, 2.24) is 15.2 Å². The third-order valence-corrected chi connectivity index (χ3v) is 6.85. The number of rotatable bonds is 6. The van der Waals surface area contributed by atoms with E-state index in [1.165, 1.54) is 25.7 Å². The highest BCUT2D eigenvalue weighted by Crippen LogP contribution is 2.41. The Kier molecular flexibility index (Phi) is 6.32. The van der Waals surface area contributed by atoms with E-state index in [9.17, 15) is 0 Å². The highest BCUT2D eigenvalue weighted by atomic mass is 15.3. The van der Waals surface area contributed by atoms with Gasteiger partial charge in [-0.3, -0.25) is 9.98 Å². The molecule has 1 aliphatic carbocycles. The summed E-state index contributed by atoms with van der Waals surface area (Å²) in [6.07, 6.45) is 12.9. The summed E-state index contributed by atoms with van der Waals surface area (Å²) in [6.45, 7) is 8.49. The molecule has 33 heavy (non-hydrogen) atoms. The van der Waals surface area contributed by atoms with Gasteiger partial charge in [0.05, 0.1) is 11.9 Å². The Morgan fingerprint density at radius 3 is 2.79 bits per heavy atom. The SMILES string of the molecule is C=N/C=C1\C(=N/CNc2ccc(N3CCCC(C)C3)nn2)N(C2CCCC2)c2cnccc21. The summed E-state index contributed by atoms with van der Waals surface area (Å²) in [4.78, 5) is 18.1. The maximum atomic E-state index is 4.95. The summed E-state index contributed by atoms with van der Waals surface area (Å²) in [5, 5.41) is 12.2. The van der Waals surface area contributed by atoms with Gasteiger partial charge in [-0.15, -0.1) is 10.2 Å². The van der Waals surface area contributed by atoms with Crippen molar-refractivity contribution in [2.24, 2.45) is 15.9 Å². The van der Waals surface area contributed by atoms with E-state index in [0.29, 0.717) is 18.6 Å². The van der Waals surface area contributed by atoms with Crippen LogP contribution in [0.4, 0.5) is 17.3 Å². The first-order valence-corrected chi connectivity index (χ1v) is 12.0. The molecule has 4 heterocycles. The second kappa shape index (κ2) is 9.68. The van der Waals surface area contributed by atoms with Gasteiger partial charge in [-0.1, -0.05) is 19.8 Å². The van der Waals surface area contributed by atoms with E-state index in [2.05, 4.69) is 55.0 Å². The van der Waals surface area contributed by atoms with Gasteiger partial charge < -0.3 is 15.1 Å². The van der Waals surface area contributed by atoms with Crippen molar-refractivity contribution < 1.29 is 0 Å². The number of hydrogen-bond donors (Lipinski definition) is 1. The molecule has 1 saturated heterocycles. The van der Waals surface area contributed by atoms with Gasteiger partial charge >= 0.3 is 0 Å². The summed E-state index contributed by atoms with van der Waals surface area (Å²) in [7, 11) is 0. The van der Waals surface area contributed by atoms with Gasteiger partial charge in [0.1, 0.15) is 18.3 Å². The molecule has 3 aliphatic rings. The fourth-order valence-electron chi connectivity index (χ4n) is 5.26. The molecule has 0 bridgehead atoms. The first kappa shape index (κ1) is 21.6. The first-order chi connectivity index (χ1) is 16.2.